The number of carbonyl (C=O) groups excluding carboxylic acids is 1. The normalized spacial score (nSPS) is 10.3. The van der Waals surface area contributed by atoms with E-state index in [1.807, 2.05) is 0 Å². The third-order valence-electron chi connectivity index (χ3n) is 3.26. The van der Waals surface area contributed by atoms with Crippen LogP contribution in [0.1, 0.15) is 50.2 Å². The Morgan fingerprint density at radius 1 is 1.05 bits per heavy atom. The van der Waals surface area contributed by atoms with Gasteiger partial charge in [-0.1, -0.05) is 25.3 Å². The van der Waals surface area contributed by atoms with Crippen LogP contribution in [0.25, 0.3) is 0 Å². The molecule has 0 aliphatic rings. The molecule has 20 heavy (non-hydrogen) atoms. The molecule has 0 spiro atoms. The number of rotatable bonds is 9. The van der Waals surface area contributed by atoms with Crippen LogP contribution < -0.4 is 4.74 Å². The second-order valence-electron chi connectivity index (χ2n) is 5.22. The van der Waals surface area contributed by atoms with E-state index in [0.29, 0.717) is 6.61 Å². The van der Waals surface area contributed by atoms with E-state index in [4.69, 9.17) is 9.47 Å². The minimum absolute atomic E-state index is 0.182. The van der Waals surface area contributed by atoms with E-state index in [-0.39, 0.29) is 5.97 Å². The van der Waals surface area contributed by atoms with Crippen molar-refractivity contribution in [2.45, 2.75) is 52.4 Å². The third kappa shape index (κ3) is 7.17. The number of carbonyl (C=O) groups is 1. The first kappa shape index (κ1) is 16.5. The Morgan fingerprint density at radius 3 is 2.45 bits per heavy atom. The molecule has 1 aromatic rings. The van der Waals surface area contributed by atoms with Crippen LogP contribution in [0.5, 0.6) is 5.75 Å². The molecule has 0 aliphatic carbocycles. The Morgan fingerprint density at radius 2 is 1.75 bits per heavy atom. The number of unbranched alkanes of at least 4 members (excludes halogenated alkanes) is 4. The van der Waals surface area contributed by atoms with E-state index < -0.39 is 0 Å². The van der Waals surface area contributed by atoms with Crippen molar-refractivity contribution in [1.29, 1.82) is 0 Å². The summed E-state index contributed by atoms with van der Waals surface area (Å²) in [5, 5.41) is 0. The van der Waals surface area contributed by atoms with E-state index in [0.717, 1.165) is 25.0 Å². The average molecular weight is 278 g/mol. The van der Waals surface area contributed by atoms with Gasteiger partial charge in [0.2, 0.25) is 0 Å². The van der Waals surface area contributed by atoms with Crippen molar-refractivity contribution < 1.29 is 14.3 Å². The SMILES string of the molecule is COc1cc(C)cc(CCCCCCCOC(C)=O)c1. The molecule has 0 N–H and O–H groups in total. The Kier molecular flexibility index (Phi) is 7.78. The Hall–Kier alpha value is -1.51. The van der Waals surface area contributed by atoms with Crippen molar-refractivity contribution in [2.75, 3.05) is 13.7 Å². The number of hydrogen-bond acceptors (Lipinski definition) is 3. The second kappa shape index (κ2) is 9.40. The lowest BCUT2D eigenvalue weighted by Crippen LogP contribution is -2.00. The van der Waals surface area contributed by atoms with Gasteiger partial charge in [0.25, 0.3) is 0 Å². The van der Waals surface area contributed by atoms with Gasteiger partial charge in [-0.3, -0.25) is 4.79 Å². The van der Waals surface area contributed by atoms with Gasteiger partial charge >= 0.3 is 5.97 Å². The van der Waals surface area contributed by atoms with Crippen LogP contribution in [0.4, 0.5) is 0 Å². The summed E-state index contributed by atoms with van der Waals surface area (Å²) in [6.07, 6.45) is 6.81. The molecule has 0 bridgehead atoms. The van der Waals surface area contributed by atoms with Crippen LogP contribution in [0.15, 0.2) is 18.2 Å². The summed E-state index contributed by atoms with van der Waals surface area (Å²) in [6, 6.07) is 6.40. The molecule has 0 fully saturated rings. The molecule has 0 saturated carbocycles. The molecule has 1 rings (SSSR count). The first-order valence-electron chi connectivity index (χ1n) is 7.39. The molecule has 0 aliphatic heterocycles. The van der Waals surface area contributed by atoms with Gasteiger partial charge in [0.1, 0.15) is 5.75 Å². The Balaban J connectivity index is 2.12. The van der Waals surface area contributed by atoms with Crippen LogP contribution in [-0.2, 0) is 16.0 Å². The topological polar surface area (TPSA) is 35.5 Å². The van der Waals surface area contributed by atoms with Gasteiger partial charge in [0.15, 0.2) is 0 Å². The summed E-state index contributed by atoms with van der Waals surface area (Å²) in [6.45, 7) is 4.11. The largest absolute Gasteiger partial charge is 0.497 e. The molecule has 3 nitrogen and oxygen atoms in total. The summed E-state index contributed by atoms with van der Waals surface area (Å²) in [4.78, 5) is 10.6. The fourth-order valence-corrected chi connectivity index (χ4v) is 2.26. The van der Waals surface area contributed by atoms with Crippen LogP contribution in [0.2, 0.25) is 0 Å². The predicted octanol–water partition coefficient (Wildman–Crippen LogP) is 4.06. The van der Waals surface area contributed by atoms with E-state index in [1.54, 1.807) is 7.11 Å². The van der Waals surface area contributed by atoms with Crippen LogP contribution in [0.3, 0.4) is 0 Å². The van der Waals surface area contributed by atoms with Gasteiger partial charge in [0.05, 0.1) is 13.7 Å². The van der Waals surface area contributed by atoms with Crippen molar-refractivity contribution in [3.63, 3.8) is 0 Å². The van der Waals surface area contributed by atoms with Gasteiger partial charge in [-0.25, -0.2) is 0 Å². The van der Waals surface area contributed by atoms with Crippen LogP contribution in [-0.4, -0.2) is 19.7 Å². The van der Waals surface area contributed by atoms with Crippen LogP contribution in [0, 0.1) is 6.92 Å². The zero-order valence-corrected chi connectivity index (χ0v) is 12.9. The summed E-state index contributed by atoms with van der Waals surface area (Å²) >= 11 is 0. The third-order valence-corrected chi connectivity index (χ3v) is 3.26. The van der Waals surface area contributed by atoms with Gasteiger partial charge in [-0.15, -0.1) is 0 Å². The highest BCUT2D eigenvalue weighted by atomic mass is 16.5. The zero-order chi connectivity index (χ0) is 14.8. The predicted molar refractivity (Wildman–Crippen MR) is 81.2 cm³/mol. The van der Waals surface area contributed by atoms with Crippen LogP contribution >= 0.6 is 0 Å². The zero-order valence-electron chi connectivity index (χ0n) is 12.9. The number of benzene rings is 1. The molecule has 0 radical (unpaired) electrons. The lowest BCUT2D eigenvalue weighted by molar-refractivity contribution is -0.141. The van der Waals surface area contributed by atoms with E-state index in [1.165, 1.54) is 37.3 Å². The molecule has 0 amide bonds. The molecule has 1 aromatic carbocycles. The molecule has 0 heterocycles. The molecule has 0 saturated heterocycles. The first-order chi connectivity index (χ1) is 9.61. The summed E-state index contributed by atoms with van der Waals surface area (Å²) in [5.74, 6) is 0.764. The van der Waals surface area contributed by atoms with Crippen molar-refractivity contribution in [1.82, 2.24) is 0 Å². The van der Waals surface area contributed by atoms with E-state index >= 15 is 0 Å². The van der Waals surface area contributed by atoms with Crippen molar-refractivity contribution >= 4 is 5.97 Å². The van der Waals surface area contributed by atoms with Crippen molar-refractivity contribution in [2.24, 2.45) is 0 Å². The average Bonchev–Trinajstić information content (AvgIpc) is 2.40. The van der Waals surface area contributed by atoms with Gasteiger partial charge in [0, 0.05) is 6.92 Å². The van der Waals surface area contributed by atoms with E-state index in [2.05, 4.69) is 25.1 Å². The Bertz CT molecular complexity index is 413. The molecule has 0 atom stereocenters. The van der Waals surface area contributed by atoms with Gasteiger partial charge in [-0.05, 0) is 49.4 Å². The number of aryl methyl sites for hydroxylation is 2. The lowest BCUT2D eigenvalue weighted by Gasteiger charge is -2.07. The first-order valence-corrected chi connectivity index (χ1v) is 7.39. The fourth-order valence-electron chi connectivity index (χ4n) is 2.26. The number of methoxy groups -OCH3 is 1. The quantitative estimate of drug-likeness (QED) is 0.505. The Labute approximate surface area is 122 Å². The maximum Gasteiger partial charge on any atom is 0.302 e. The maximum absolute atomic E-state index is 10.6. The minimum atomic E-state index is -0.182. The van der Waals surface area contributed by atoms with E-state index in [9.17, 15) is 4.79 Å². The summed E-state index contributed by atoms with van der Waals surface area (Å²) in [5.41, 5.74) is 2.60. The molecule has 0 aromatic heterocycles. The molecule has 112 valence electrons. The molecular weight excluding hydrogens is 252 g/mol. The number of ether oxygens (including phenoxy) is 2. The molecule has 3 heteroatoms. The highest BCUT2D eigenvalue weighted by molar-refractivity contribution is 5.65. The highest BCUT2D eigenvalue weighted by Gasteiger charge is 1.99. The minimum Gasteiger partial charge on any atom is -0.497 e. The highest BCUT2D eigenvalue weighted by Crippen LogP contribution is 2.18. The lowest BCUT2D eigenvalue weighted by atomic mass is 10.0. The van der Waals surface area contributed by atoms with Crippen molar-refractivity contribution in [3.05, 3.63) is 29.3 Å². The van der Waals surface area contributed by atoms with Gasteiger partial charge in [-0.2, -0.15) is 0 Å². The standard InChI is InChI=1S/C17H26O3/c1-14-11-16(13-17(12-14)19-3)9-7-5-4-6-8-10-20-15(2)18/h11-13H,4-10H2,1-3H3. The number of hydrogen-bond donors (Lipinski definition) is 0. The smallest absolute Gasteiger partial charge is 0.302 e. The number of esters is 1. The second-order valence-corrected chi connectivity index (χ2v) is 5.22. The maximum atomic E-state index is 10.6. The summed E-state index contributed by atoms with van der Waals surface area (Å²) < 4.78 is 10.2. The monoisotopic (exact) mass is 278 g/mol. The van der Waals surface area contributed by atoms with Crippen molar-refractivity contribution in [3.8, 4) is 5.75 Å². The molecular formula is C17H26O3. The molecule has 0 unspecified atom stereocenters. The fraction of sp³-hybridized carbons (Fsp3) is 0.588. The van der Waals surface area contributed by atoms with Gasteiger partial charge < -0.3 is 9.47 Å². The summed E-state index contributed by atoms with van der Waals surface area (Å²) in [7, 11) is 1.71.